The first kappa shape index (κ1) is 9.52. The van der Waals surface area contributed by atoms with Gasteiger partial charge in [-0.2, -0.15) is 0 Å². The van der Waals surface area contributed by atoms with Crippen LogP contribution in [0.3, 0.4) is 0 Å². The summed E-state index contributed by atoms with van der Waals surface area (Å²) in [6.45, 7) is 4.75. The maximum absolute atomic E-state index is 5.53. The maximum atomic E-state index is 5.53. The summed E-state index contributed by atoms with van der Waals surface area (Å²) in [6.07, 6.45) is 0. The normalized spacial score (nSPS) is 18.9. The third-order valence-corrected chi connectivity index (χ3v) is 2.88. The van der Waals surface area contributed by atoms with Crippen molar-refractivity contribution in [2.45, 2.75) is 19.4 Å². The van der Waals surface area contributed by atoms with E-state index in [9.17, 15) is 0 Å². The Labute approximate surface area is 87.4 Å². The van der Waals surface area contributed by atoms with Crippen LogP contribution in [0.25, 0.3) is 0 Å². The van der Waals surface area contributed by atoms with Gasteiger partial charge in [-0.15, -0.1) is 11.3 Å². The van der Waals surface area contributed by atoms with Gasteiger partial charge in [0.15, 0.2) is 5.06 Å². The number of hydrogen-bond acceptors (Lipinski definition) is 4. The minimum Gasteiger partial charge on any atom is -0.487 e. The van der Waals surface area contributed by atoms with E-state index in [1.807, 2.05) is 11.4 Å². The van der Waals surface area contributed by atoms with E-state index in [4.69, 9.17) is 9.47 Å². The lowest BCUT2D eigenvalue weighted by Gasteiger charge is -2.07. The summed E-state index contributed by atoms with van der Waals surface area (Å²) in [7, 11) is 1.66. The first-order valence-corrected chi connectivity index (χ1v) is 5.35. The van der Waals surface area contributed by atoms with Crippen LogP contribution >= 0.6 is 11.3 Å². The summed E-state index contributed by atoms with van der Waals surface area (Å²) in [5, 5.41) is 2.84. The topological polar surface area (TPSA) is 30.8 Å². The molecule has 1 aromatic rings. The van der Waals surface area contributed by atoms with E-state index in [-0.39, 0.29) is 5.54 Å². The highest BCUT2D eigenvalue weighted by Gasteiger charge is 2.28. The molecule has 0 radical (unpaired) electrons. The Hall–Kier alpha value is -1.03. The molecule has 2 heterocycles. The van der Waals surface area contributed by atoms with E-state index in [1.165, 1.54) is 0 Å². The molecule has 3 nitrogen and oxygen atoms in total. The molecule has 14 heavy (non-hydrogen) atoms. The van der Waals surface area contributed by atoms with Crippen molar-refractivity contribution in [2.75, 3.05) is 13.7 Å². The molecule has 0 atom stereocenters. The lowest BCUT2D eigenvalue weighted by atomic mass is 10.1. The zero-order valence-corrected chi connectivity index (χ0v) is 9.35. The van der Waals surface area contributed by atoms with Gasteiger partial charge in [-0.25, -0.2) is 4.99 Å². The lowest BCUT2D eigenvalue weighted by molar-refractivity contribution is 0.279. The molecule has 1 aliphatic heterocycles. The molecule has 0 N–H and O–H groups in total. The van der Waals surface area contributed by atoms with Crippen LogP contribution in [0.4, 0.5) is 0 Å². The van der Waals surface area contributed by atoms with Gasteiger partial charge in [-0.1, -0.05) is 0 Å². The maximum Gasteiger partial charge on any atom is 0.221 e. The van der Waals surface area contributed by atoms with Gasteiger partial charge in [0, 0.05) is 0 Å². The molecule has 0 amide bonds. The summed E-state index contributed by atoms with van der Waals surface area (Å²) in [4.78, 5) is 4.49. The Morgan fingerprint density at radius 2 is 2.36 bits per heavy atom. The summed E-state index contributed by atoms with van der Waals surface area (Å²) < 4.78 is 10.8. The van der Waals surface area contributed by atoms with Crippen LogP contribution in [0.15, 0.2) is 16.4 Å². The lowest BCUT2D eigenvalue weighted by Crippen LogP contribution is -2.17. The summed E-state index contributed by atoms with van der Waals surface area (Å²) >= 11 is 1.55. The number of rotatable bonds is 2. The molecule has 1 aromatic heterocycles. The number of hydrogen-bond donors (Lipinski definition) is 0. The first-order chi connectivity index (χ1) is 6.62. The average molecular weight is 211 g/mol. The fourth-order valence-electron chi connectivity index (χ4n) is 1.33. The Morgan fingerprint density at radius 1 is 1.57 bits per heavy atom. The van der Waals surface area contributed by atoms with Gasteiger partial charge in [-0.3, -0.25) is 0 Å². The molecule has 0 bridgehead atoms. The predicted octanol–water partition coefficient (Wildman–Crippen LogP) is 2.31. The highest BCUT2D eigenvalue weighted by molar-refractivity contribution is 7.12. The standard InChI is InChI=1S/C10H13NO2S/c1-10(2)6-13-8(11-10)7-4-5-14-9(7)12-3/h4-5H,6H2,1-3H3. The Balaban J connectivity index is 2.33. The average Bonchev–Trinajstić information content (AvgIpc) is 2.70. The van der Waals surface area contributed by atoms with Crippen LogP contribution in [0.2, 0.25) is 0 Å². The molecule has 0 aromatic carbocycles. The molecule has 0 unspecified atom stereocenters. The summed E-state index contributed by atoms with van der Waals surface area (Å²) in [5.41, 5.74) is 0.852. The SMILES string of the molecule is COc1sccc1C1=NC(C)(C)CO1. The molecule has 0 spiro atoms. The van der Waals surface area contributed by atoms with E-state index in [0.717, 1.165) is 10.6 Å². The van der Waals surface area contributed by atoms with E-state index < -0.39 is 0 Å². The number of methoxy groups -OCH3 is 1. The number of ether oxygens (including phenoxy) is 2. The minimum absolute atomic E-state index is 0.109. The van der Waals surface area contributed by atoms with Gasteiger partial charge >= 0.3 is 0 Å². The first-order valence-electron chi connectivity index (χ1n) is 4.47. The van der Waals surface area contributed by atoms with E-state index in [1.54, 1.807) is 18.4 Å². The van der Waals surface area contributed by atoms with Crippen molar-refractivity contribution in [2.24, 2.45) is 4.99 Å². The van der Waals surface area contributed by atoms with Crippen LogP contribution in [-0.2, 0) is 4.74 Å². The Bertz CT molecular complexity index is 368. The van der Waals surface area contributed by atoms with E-state index in [2.05, 4.69) is 18.8 Å². The van der Waals surface area contributed by atoms with Gasteiger partial charge in [0.25, 0.3) is 0 Å². The quantitative estimate of drug-likeness (QED) is 0.751. The fraction of sp³-hybridized carbons (Fsp3) is 0.500. The second-order valence-electron chi connectivity index (χ2n) is 3.84. The molecule has 0 saturated carbocycles. The van der Waals surface area contributed by atoms with Crippen molar-refractivity contribution in [1.29, 1.82) is 0 Å². The summed E-state index contributed by atoms with van der Waals surface area (Å²) in [6, 6.07) is 1.98. The van der Waals surface area contributed by atoms with Crippen molar-refractivity contribution < 1.29 is 9.47 Å². The van der Waals surface area contributed by atoms with Crippen LogP contribution < -0.4 is 4.74 Å². The Morgan fingerprint density at radius 3 is 2.93 bits per heavy atom. The van der Waals surface area contributed by atoms with E-state index in [0.29, 0.717) is 12.5 Å². The molecular weight excluding hydrogens is 198 g/mol. The van der Waals surface area contributed by atoms with Gasteiger partial charge in [0.2, 0.25) is 5.90 Å². The van der Waals surface area contributed by atoms with Crippen molar-refractivity contribution in [3.05, 3.63) is 17.0 Å². The molecule has 2 rings (SSSR count). The smallest absolute Gasteiger partial charge is 0.221 e. The highest BCUT2D eigenvalue weighted by atomic mass is 32.1. The molecule has 4 heteroatoms. The third-order valence-electron chi connectivity index (χ3n) is 2.01. The molecule has 0 saturated heterocycles. The van der Waals surface area contributed by atoms with Crippen molar-refractivity contribution in [1.82, 2.24) is 0 Å². The molecule has 0 aliphatic carbocycles. The van der Waals surface area contributed by atoms with Crippen molar-refractivity contribution in [3.8, 4) is 5.06 Å². The number of nitrogens with zero attached hydrogens (tertiary/aromatic N) is 1. The fourth-order valence-corrected chi connectivity index (χ4v) is 2.04. The van der Waals surface area contributed by atoms with E-state index >= 15 is 0 Å². The van der Waals surface area contributed by atoms with Gasteiger partial charge in [0.1, 0.15) is 6.61 Å². The van der Waals surface area contributed by atoms with Gasteiger partial charge in [0.05, 0.1) is 18.2 Å². The molecule has 0 fully saturated rings. The van der Waals surface area contributed by atoms with Crippen LogP contribution in [0, 0.1) is 0 Å². The zero-order valence-electron chi connectivity index (χ0n) is 8.53. The number of aliphatic imine (C=N–C) groups is 1. The van der Waals surface area contributed by atoms with Crippen molar-refractivity contribution >= 4 is 17.2 Å². The monoisotopic (exact) mass is 211 g/mol. The van der Waals surface area contributed by atoms with Crippen LogP contribution in [0.5, 0.6) is 5.06 Å². The Kier molecular flexibility index (Phi) is 2.23. The van der Waals surface area contributed by atoms with Crippen LogP contribution in [0.1, 0.15) is 19.4 Å². The van der Waals surface area contributed by atoms with Crippen LogP contribution in [-0.4, -0.2) is 25.2 Å². The molecular formula is C10H13NO2S. The molecule has 1 aliphatic rings. The second kappa shape index (κ2) is 3.28. The largest absolute Gasteiger partial charge is 0.487 e. The molecule has 76 valence electrons. The summed E-state index contributed by atoms with van der Waals surface area (Å²) in [5.74, 6) is 0.702. The van der Waals surface area contributed by atoms with Gasteiger partial charge in [-0.05, 0) is 25.3 Å². The number of thiophene rings is 1. The second-order valence-corrected chi connectivity index (χ2v) is 4.72. The zero-order chi connectivity index (χ0) is 10.2. The minimum atomic E-state index is -0.109. The predicted molar refractivity (Wildman–Crippen MR) is 57.4 cm³/mol. The van der Waals surface area contributed by atoms with Gasteiger partial charge < -0.3 is 9.47 Å². The highest BCUT2D eigenvalue weighted by Crippen LogP contribution is 2.30. The van der Waals surface area contributed by atoms with Crippen molar-refractivity contribution in [3.63, 3.8) is 0 Å². The third kappa shape index (κ3) is 1.62.